The van der Waals surface area contributed by atoms with E-state index in [4.69, 9.17) is 14.6 Å². The minimum atomic E-state index is -0.704. The zero-order chi connectivity index (χ0) is 20.4. The smallest absolute Gasteiger partial charge is 0.268 e. The second-order valence-corrected chi connectivity index (χ2v) is 7.02. The molecule has 1 atom stereocenters. The lowest BCUT2D eigenvalue weighted by atomic mass is 10.1. The van der Waals surface area contributed by atoms with Crippen LogP contribution < -0.4 is 14.4 Å². The molecule has 1 N–H and O–H groups in total. The number of carbonyl (C=O) groups excluding carboxylic acids is 2. The van der Waals surface area contributed by atoms with Crippen molar-refractivity contribution in [3.63, 3.8) is 0 Å². The molecule has 2 aromatic rings. The fourth-order valence-electron chi connectivity index (χ4n) is 3.60. The van der Waals surface area contributed by atoms with Crippen LogP contribution in [0.4, 0.5) is 10.1 Å². The van der Waals surface area contributed by atoms with E-state index in [-0.39, 0.29) is 18.3 Å². The summed E-state index contributed by atoms with van der Waals surface area (Å²) in [4.78, 5) is 30.3. The standard InChI is InChI=1S/C21H21FN2O5/c22-17-11-13(10-16-15(17)3-4-18(16)26)24-7-6-19(21(24)27)29-14-2-5-20(23-12-14)28-9-1-8-25/h2,5,10-12,19,25H,1,3-4,6-9H2/t19-/m1/s1. The fourth-order valence-corrected chi connectivity index (χ4v) is 3.60. The van der Waals surface area contributed by atoms with Crippen molar-refractivity contribution in [1.82, 2.24) is 4.98 Å². The Hall–Kier alpha value is -3.00. The van der Waals surface area contributed by atoms with E-state index in [2.05, 4.69) is 4.98 Å². The molecule has 0 unspecified atom stereocenters. The molecule has 0 spiro atoms. The van der Waals surface area contributed by atoms with Gasteiger partial charge in [-0.3, -0.25) is 9.59 Å². The molecule has 152 valence electrons. The van der Waals surface area contributed by atoms with Gasteiger partial charge in [0.25, 0.3) is 5.91 Å². The van der Waals surface area contributed by atoms with E-state index in [0.29, 0.717) is 67.3 Å². The summed E-state index contributed by atoms with van der Waals surface area (Å²) in [6.07, 6.45) is 2.44. The lowest BCUT2D eigenvalue weighted by Crippen LogP contribution is -2.32. The monoisotopic (exact) mass is 400 g/mol. The minimum absolute atomic E-state index is 0.0454. The van der Waals surface area contributed by atoms with Crippen molar-refractivity contribution in [3.8, 4) is 11.6 Å². The summed E-state index contributed by atoms with van der Waals surface area (Å²) >= 11 is 0. The van der Waals surface area contributed by atoms with Gasteiger partial charge in [0.05, 0.1) is 12.8 Å². The van der Waals surface area contributed by atoms with E-state index in [9.17, 15) is 14.0 Å². The number of anilines is 1. The van der Waals surface area contributed by atoms with Crippen LogP contribution in [0, 0.1) is 5.82 Å². The molecule has 2 aliphatic rings. The topological polar surface area (TPSA) is 89.0 Å². The first-order valence-electron chi connectivity index (χ1n) is 9.60. The minimum Gasteiger partial charge on any atom is -0.479 e. The van der Waals surface area contributed by atoms with E-state index < -0.39 is 11.9 Å². The molecule has 29 heavy (non-hydrogen) atoms. The van der Waals surface area contributed by atoms with E-state index in [1.165, 1.54) is 17.2 Å². The second-order valence-electron chi connectivity index (χ2n) is 7.02. The van der Waals surface area contributed by atoms with Gasteiger partial charge < -0.3 is 19.5 Å². The second kappa shape index (κ2) is 8.16. The van der Waals surface area contributed by atoms with Crippen LogP contribution in [0.1, 0.15) is 35.2 Å². The van der Waals surface area contributed by atoms with Gasteiger partial charge in [0.15, 0.2) is 11.9 Å². The molecular weight excluding hydrogens is 379 g/mol. The molecule has 0 saturated carbocycles. The average Bonchev–Trinajstić information content (AvgIpc) is 3.27. The maximum atomic E-state index is 14.3. The van der Waals surface area contributed by atoms with Gasteiger partial charge in [-0.05, 0) is 30.2 Å². The zero-order valence-corrected chi connectivity index (χ0v) is 15.8. The highest BCUT2D eigenvalue weighted by atomic mass is 19.1. The number of aliphatic hydroxyl groups excluding tert-OH is 1. The van der Waals surface area contributed by atoms with E-state index >= 15 is 0 Å². The number of Topliss-reactive ketones (excluding diaryl/α,β-unsaturated/α-hetero) is 1. The Labute approximate surface area is 167 Å². The molecule has 1 saturated heterocycles. The van der Waals surface area contributed by atoms with Gasteiger partial charge in [-0.25, -0.2) is 9.37 Å². The number of carbonyl (C=O) groups is 2. The average molecular weight is 400 g/mol. The first-order chi connectivity index (χ1) is 14.1. The molecule has 1 fully saturated rings. The third-order valence-electron chi connectivity index (χ3n) is 5.09. The number of aliphatic hydroxyl groups is 1. The molecule has 1 aliphatic carbocycles. The summed E-state index contributed by atoms with van der Waals surface area (Å²) in [6, 6.07) is 6.21. The van der Waals surface area contributed by atoms with E-state index in [1.54, 1.807) is 18.2 Å². The number of hydrogen-bond acceptors (Lipinski definition) is 6. The quantitative estimate of drug-likeness (QED) is 0.718. The molecule has 2 heterocycles. The Balaban J connectivity index is 1.42. The van der Waals surface area contributed by atoms with Crippen LogP contribution in [-0.4, -0.2) is 47.6 Å². The highest BCUT2D eigenvalue weighted by Crippen LogP contribution is 2.32. The number of ether oxygens (including phenoxy) is 2. The largest absolute Gasteiger partial charge is 0.479 e. The molecule has 7 nitrogen and oxygen atoms in total. The Bertz CT molecular complexity index is 931. The number of fused-ring (bicyclic) bond motifs is 1. The van der Waals surface area contributed by atoms with Crippen molar-refractivity contribution >= 4 is 17.4 Å². The van der Waals surface area contributed by atoms with Crippen molar-refractivity contribution < 1.29 is 28.6 Å². The number of ketones is 1. The summed E-state index contributed by atoms with van der Waals surface area (Å²) in [6.45, 7) is 0.787. The molecule has 1 aliphatic heterocycles. The maximum absolute atomic E-state index is 14.3. The number of rotatable bonds is 7. The van der Waals surface area contributed by atoms with Gasteiger partial charge in [-0.2, -0.15) is 0 Å². The summed E-state index contributed by atoms with van der Waals surface area (Å²) in [7, 11) is 0. The van der Waals surface area contributed by atoms with Crippen LogP contribution in [0.15, 0.2) is 30.5 Å². The SMILES string of the molecule is O=C1CCc2c(F)cc(N3CC[C@@H](Oc4ccc(OCCCO)nc4)C3=O)cc21. The van der Waals surface area contributed by atoms with Crippen molar-refractivity contribution in [2.45, 2.75) is 31.8 Å². The van der Waals surface area contributed by atoms with Gasteiger partial charge in [0.2, 0.25) is 5.88 Å². The molecular formula is C21H21FN2O5. The third kappa shape index (κ3) is 3.93. The van der Waals surface area contributed by atoms with Crippen LogP contribution >= 0.6 is 0 Å². The van der Waals surface area contributed by atoms with Gasteiger partial charge in [-0.15, -0.1) is 0 Å². The number of aromatic nitrogens is 1. The Kier molecular flexibility index (Phi) is 5.44. The summed E-state index contributed by atoms with van der Waals surface area (Å²) in [5.41, 5.74) is 1.20. The molecule has 1 amide bonds. The number of pyridine rings is 1. The predicted molar refractivity (Wildman–Crippen MR) is 102 cm³/mol. The van der Waals surface area contributed by atoms with Gasteiger partial charge in [-0.1, -0.05) is 0 Å². The fraction of sp³-hybridized carbons (Fsp3) is 0.381. The highest BCUT2D eigenvalue weighted by Gasteiger charge is 2.36. The summed E-state index contributed by atoms with van der Waals surface area (Å²) < 4.78 is 25.5. The molecule has 0 bridgehead atoms. The third-order valence-corrected chi connectivity index (χ3v) is 5.09. The van der Waals surface area contributed by atoms with Gasteiger partial charge in [0.1, 0.15) is 11.6 Å². The highest BCUT2D eigenvalue weighted by molar-refractivity contribution is 6.04. The number of amides is 1. The number of nitrogens with zero attached hydrogens (tertiary/aromatic N) is 2. The van der Waals surface area contributed by atoms with Gasteiger partial charge >= 0.3 is 0 Å². The normalized spacial score (nSPS) is 18.3. The van der Waals surface area contributed by atoms with Crippen molar-refractivity contribution in [1.29, 1.82) is 0 Å². The number of halogens is 1. The molecule has 1 aromatic carbocycles. The lowest BCUT2D eigenvalue weighted by molar-refractivity contribution is -0.122. The van der Waals surface area contributed by atoms with Crippen LogP contribution in [0.3, 0.4) is 0 Å². The number of benzene rings is 1. The predicted octanol–water partition coefficient (Wildman–Crippen LogP) is 2.30. The van der Waals surface area contributed by atoms with Crippen molar-refractivity contribution in [3.05, 3.63) is 47.4 Å². The van der Waals surface area contributed by atoms with Crippen LogP contribution in [0.25, 0.3) is 0 Å². The van der Waals surface area contributed by atoms with Crippen LogP contribution in [-0.2, 0) is 11.2 Å². The Morgan fingerprint density at radius 2 is 2.10 bits per heavy atom. The van der Waals surface area contributed by atoms with Crippen molar-refractivity contribution in [2.75, 3.05) is 24.7 Å². The zero-order valence-electron chi connectivity index (χ0n) is 15.8. The first kappa shape index (κ1) is 19.3. The molecule has 4 rings (SSSR count). The molecule has 8 heteroatoms. The summed E-state index contributed by atoms with van der Waals surface area (Å²) in [5, 5.41) is 8.76. The lowest BCUT2D eigenvalue weighted by Gasteiger charge is -2.18. The van der Waals surface area contributed by atoms with Crippen molar-refractivity contribution in [2.24, 2.45) is 0 Å². The van der Waals surface area contributed by atoms with Gasteiger partial charge in [0, 0.05) is 49.7 Å². The van der Waals surface area contributed by atoms with Crippen LogP contribution in [0.2, 0.25) is 0 Å². The Morgan fingerprint density at radius 3 is 2.86 bits per heavy atom. The molecule has 1 aromatic heterocycles. The maximum Gasteiger partial charge on any atom is 0.268 e. The Morgan fingerprint density at radius 1 is 1.24 bits per heavy atom. The molecule has 0 radical (unpaired) electrons. The van der Waals surface area contributed by atoms with E-state index in [1.807, 2.05) is 0 Å². The van der Waals surface area contributed by atoms with Crippen LogP contribution in [0.5, 0.6) is 11.6 Å². The summed E-state index contributed by atoms with van der Waals surface area (Å²) in [5.74, 6) is 0.0191. The number of hydrogen-bond donors (Lipinski definition) is 1. The first-order valence-corrected chi connectivity index (χ1v) is 9.60. The van der Waals surface area contributed by atoms with E-state index in [0.717, 1.165) is 0 Å².